The average Bonchev–Trinajstić information content (AvgIpc) is 2.81. The zero-order chi connectivity index (χ0) is 22.5. The van der Waals surface area contributed by atoms with Crippen molar-refractivity contribution in [3.63, 3.8) is 0 Å². The molecule has 2 aliphatic heterocycles. The van der Waals surface area contributed by atoms with Gasteiger partial charge in [0.1, 0.15) is 11.6 Å². The zero-order valence-electron chi connectivity index (χ0n) is 19.6. The quantitative estimate of drug-likeness (QED) is 0.668. The van der Waals surface area contributed by atoms with E-state index in [1.807, 2.05) is 17.0 Å². The van der Waals surface area contributed by atoms with Crippen LogP contribution in [-0.2, 0) is 24.2 Å². The minimum absolute atomic E-state index is 0.0152. The highest BCUT2D eigenvalue weighted by atomic mass is 16.5. The number of methoxy groups -OCH3 is 1. The molecule has 1 N–H and O–H groups in total. The third-order valence-electron chi connectivity index (χ3n) is 6.57. The first-order valence-electron chi connectivity index (χ1n) is 11.8. The maximum atomic E-state index is 12.2. The van der Waals surface area contributed by atoms with Gasteiger partial charge in [0.25, 0.3) is 0 Å². The monoisotopic (exact) mass is 437 g/mol. The molecule has 0 saturated carbocycles. The van der Waals surface area contributed by atoms with Crippen molar-refractivity contribution in [3.05, 3.63) is 46.9 Å². The molecular formula is C25H35N5O2. The number of aryl methyl sites for hydroxylation is 1. The molecule has 1 fully saturated rings. The van der Waals surface area contributed by atoms with Gasteiger partial charge in [0, 0.05) is 38.7 Å². The highest BCUT2D eigenvalue weighted by molar-refractivity contribution is 5.73. The van der Waals surface area contributed by atoms with Gasteiger partial charge in [-0.3, -0.25) is 4.79 Å². The van der Waals surface area contributed by atoms with E-state index in [2.05, 4.69) is 29.4 Å². The summed E-state index contributed by atoms with van der Waals surface area (Å²) in [6.07, 6.45) is 6.07. The molecule has 0 aliphatic carbocycles. The molecule has 1 amide bonds. The molecule has 1 aromatic heterocycles. The number of nitrogens with one attached hydrogen (secondary N) is 1. The summed E-state index contributed by atoms with van der Waals surface area (Å²) in [7, 11) is 3.82. The van der Waals surface area contributed by atoms with Crippen LogP contribution in [0.1, 0.15) is 61.3 Å². The summed E-state index contributed by atoms with van der Waals surface area (Å²) in [4.78, 5) is 26.4. The lowest BCUT2D eigenvalue weighted by atomic mass is 10.00. The van der Waals surface area contributed by atoms with E-state index >= 15 is 0 Å². The Morgan fingerprint density at radius 1 is 1.19 bits per heavy atom. The lowest BCUT2D eigenvalue weighted by molar-refractivity contribution is -0.132. The lowest BCUT2D eigenvalue weighted by Gasteiger charge is -2.35. The van der Waals surface area contributed by atoms with E-state index in [-0.39, 0.29) is 11.9 Å². The van der Waals surface area contributed by atoms with Crippen molar-refractivity contribution in [1.29, 1.82) is 0 Å². The van der Waals surface area contributed by atoms with Crippen LogP contribution in [0.4, 0.5) is 5.82 Å². The summed E-state index contributed by atoms with van der Waals surface area (Å²) in [5.74, 6) is 2.76. The van der Waals surface area contributed by atoms with Crippen molar-refractivity contribution in [2.24, 2.45) is 0 Å². The minimum atomic E-state index is -0.0152. The van der Waals surface area contributed by atoms with E-state index in [0.717, 1.165) is 87.8 Å². The molecule has 1 aromatic carbocycles. The van der Waals surface area contributed by atoms with Crippen molar-refractivity contribution in [3.8, 4) is 5.75 Å². The number of hydrogen-bond acceptors (Lipinski definition) is 6. The van der Waals surface area contributed by atoms with E-state index in [0.29, 0.717) is 0 Å². The van der Waals surface area contributed by atoms with Gasteiger partial charge in [0.05, 0.1) is 18.8 Å². The maximum Gasteiger partial charge on any atom is 0.220 e. The Labute approximate surface area is 191 Å². The SMILES string of the molecule is COc1ccc(CCCNc2nc([C@@H]3CCCCN3C(C)=O)nc3c2CCN(C)C3)cc1. The van der Waals surface area contributed by atoms with Crippen LogP contribution in [-0.4, -0.2) is 59.5 Å². The first-order valence-corrected chi connectivity index (χ1v) is 11.8. The van der Waals surface area contributed by atoms with E-state index < -0.39 is 0 Å². The predicted molar refractivity (Wildman–Crippen MR) is 126 cm³/mol. The van der Waals surface area contributed by atoms with Gasteiger partial charge in [-0.15, -0.1) is 0 Å². The molecule has 4 rings (SSSR count). The number of aromatic nitrogens is 2. The number of anilines is 1. The molecule has 0 unspecified atom stereocenters. The summed E-state index contributed by atoms with van der Waals surface area (Å²) in [5, 5.41) is 3.61. The first kappa shape index (κ1) is 22.5. The summed E-state index contributed by atoms with van der Waals surface area (Å²) in [6, 6.07) is 8.25. The Balaban J connectivity index is 1.49. The molecule has 1 saturated heterocycles. The Bertz CT molecular complexity index is 931. The predicted octanol–water partition coefficient (Wildman–Crippen LogP) is 3.59. The van der Waals surface area contributed by atoms with Crippen molar-refractivity contribution >= 4 is 11.7 Å². The summed E-state index contributed by atoms with van der Waals surface area (Å²) in [5.41, 5.74) is 3.65. The lowest BCUT2D eigenvalue weighted by Crippen LogP contribution is -2.38. The number of benzene rings is 1. The topological polar surface area (TPSA) is 70.6 Å². The maximum absolute atomic E-state index is 12.2. The summed E-state index contributed by atoms with van der Waals surface area (Å²) >= 11 is 0. The Kier molecular flexibility index (Phi) is 7.25. The summed E-state index contributed by atoms with van der Waals surface area (Å²) in [6.45, 7) is 5.15. The Morgan fingerprint density at radius 3 is 2.75 bits per heavy atom. The fourth-order valence-electron chi connectivity index (χ4n) is 4.74. The van der Waals surface area contributed by atoms with Crippen molar-refractivity contribution < 1.29 is 9.53 Å². The number of likely N-dealkylation sites (tertiary alicyclic amines) is 1. The van der Waals surface area contributed by atoms with Gasteiger partial charge < -0.3 is 19.9 Å². The number of hydrogen-bond donors (Lipinski definition) is 1. The van der Waals surface area contributed by atoms with E-state index in [9.17, 15) is 4.79 Å². The number of likely N-dealkylation sites (N-methyl/N-ethyl adjacent to an activating group) is 1. The van der Waals surface area contributed by atoms with Gasteiger partial charge >= 0.3 is 0 Å². The molecule has 32 heavy (non-hydrogen) atoms. The number of amides is 1. The van der Waals surface area contributed by atoms with Gasteiger partial charge in [-0.05, 0) is 63.3 Å². The Hall–Kier alpha value is -2.67. The van der Waals surface area contributed by atoms with Crippen LogP contribution >= 0.6 is 0 Å². The minimum Gasteiger partial charge on any atom is -0.497 e. The Morgan fingerprint density at radius 2 is 2.00 bits per heavy atom. The van der Waals surface area contributed by atoms with Crippen LogP contribution in [0.15, 0.2) is 24.3 Å². The smallest absolute Gasteiger partial charge is 0.220 e. The molecular weight excluding hydrogens is 402 g/mol. The van der Waals surface area contributed by atoms with Crippen LogP contribution in [0.2, 0.25) is 0 Å². The van der Waals surface area contributed by atoms with Gasteiger partial charge in [0.2, 0.25) is 5.91 Å². The van der Waals surface area contributed by atoms with Crippen LogP contribution in [0, 0.1) is 0 Å². The molecule has 2 aliphatic rings. The second-order valence-electron chi connectivity index (χ2n) is 8.95. The second kappa shape index (κ2) is 10.3. The second-order valence-corrected chi connectivity index (χ2v) is 8.95. The number of ether oxygens (including phenoxy) is 1. The number of rotatable bonds is 7. The number of piperidine rings is 1. The molecule has 7 heteroatoms. The number of carbonyl (C=O) groups excluding carboxylic acids is 1. The number of carbonyl (C=O) groups is 1. The van der Waals surface area contributed by atoms with Gasteiger partial charge in [-0.25, -0.2) is 9.97 Å². The molecule has 3 heterocycles. The summed E-state index contributed by atoms with van der Waals surface area (Å²) < 4.78 is 5.24. The fraction of sp³-hybridized carbons (Fsp3) is 0.560. The third kappa shape index (κ3) is 5.21. The largest absolute Gasteiger partial charge is 0.497 e. The average molecular weight is 438 g/mol. The third-order valence-corrected chi connectivity index (χ3v) is 6.57. The van der Waals surface area contributed by atoms with Crippen LogP contribution in [0.5, 0.6) is 5.75 Å². The molecule has 0 spiro atoms. The molecule has 172 valence electrons. The van der Waals surface area contributed by atoms with Gasteiger partial charge in [0.15, 0.2) is 5.82 Å². The molecule has 0 bridgehead atoms. The highest BCUT2D eigenvalue weighted by Gasteiger charge is 2.30. The van der Waals surface area contributed by atoms with Gasteiger partial charge in [-0.2, -0.15) is 0 Å². The fourth-order valence-corrected chi connectivity index (χ4v) is 4.74. The molecule has 0 radical (unpaired) electrons. The molecule has 2 aromatic rings. The molecule has 7 nitrogen and oxygen atoms in total. The van der Waals surface area contributed by atoms with E-state index in [1.54, 1.807) is 14.0 Å². The highest BCUT2D eigenvalue weighted by Crippen LogP contribution is 2.32. The van der Waals surface area contributed by atoms with E-state index in [1.165, 1.54) is 11.1 Å². The number of fused-ring (bicyclic) bond motifs is 1. The zero-order valence-corrected chi connectivity index (χ0v) is 19.6. The van der Waals surface area contributed by atoms with Gasteiger partial charge in [-0.1, -0.05) is 12.1 Å². The van der Waals surface area contributed by atoms with E-state index in [4.69, 9.17) is 14.7 Å². The van der Waals surface area contributed by atoms with Crippen LogP contribution in [0.3, 0.4) is 0 Å². The van der Waals surface area contributed by atoms with Crippen molar-refractivity contribution in [2.45, 2.75) is 58.0 Å². The van der Waals surface area contributed by atoms with Crippen LogP contribution < -0.4 is 10.1 Å². The van der Waals surface area contributed by atoms with Crippen molar-refractivity contribution in [1.82, 2.24) is 19.8 Å². The number of nitrogens with zero attached hydrogens (tertiary/aromatic N) is 4. The molecule has 1 atom stereocenters. The standard InChI is InChI=1S/C25H35N5O2/c1-18(31)30-15-5-4-8-23(30)25-27-22-17-29(2)16-13-21(22)24(28-25)26-14-6-7-19-9-11-20(32-3)12-10-19/h9-12,23H,4-8,13-17H2,1-3H3,(H,26,27,28)/t23-/m0/s1. The van der Waals surface area contributed by atoms with Crippen molar-refractivity contribution in [2.75, 3.05) is 39.1 Å². The van der Waals surface area contributed by atoms with Crippen LogP contribution in [0.25, 0.3) is 0 Å². The normalized spacial score (nSPS) is 18.8. The first-order chi connectivity index (χ1) is 15.5.